The lowest BCUT2D eigenvalue weighted by molar-refractivity contribution is -0.110. The second-order valence-electron chi connectivity index (χ2n) is 5.71. The van der Waals surface area contributed by atoms with Crippen LogP contribution in [0.25, 0.3) is 11.6 Å². The summed E-state index contributed by atoms with van der Waals surface area (Å²) in [7, 11) is -3.68. The highest BCUT2D eigenvalue weighted by molar-refractivity contribution is 7.92. The van der Waals surface area contributed by atoms with Crippen LogP contribution in [0.4, 0.5) is 11.4 Å². The first-order valence-corrected chi connectivity index (χ1v) is 10.2. The van der Waals surface area contributed by atoms with Gasteiger partial charge in [0.05, 0.1) is 10.5 Å². The summed E-state index contributed by atoms with van der Waals surface area (Å²) in [6.45, 7) is 0. The van der Waals surface area contributed by atoms with Crippen molar-refractivity contribution in [3.63, 3.8) is 0 Å². The van der Waals surface area contributed by atoms with Gasteiger partial charge in [-0.2, -0.15) is 0 Å². The minimum Gasteiger partial charge on any atom is -0.321 e. The second-order valence-corrected chi connectivity index (χ2v) is 8.37. The molecule has 0 spiro atoms. The van der Waals surface area contributed by atoms with Gasteiger partial charge >= 0.3 is 0 Å². The molecule has 2 heterocycles. The summed E-state index contributed by atoms with van der Waals surface area (Å²) in [4.78, 5) is 13.4. The number of amides is 1. The maximum Gasteiger partial charge on any atom is 0.261 e. The summed E-state index contributed by atoms with van der Waals surface area (Å²) in [6, 6.07) is 17.0. The SMILES string of the molecule is O=C1Nc2ccc(NS(=O)(=O)c3ccccc3)cc2/C1=C/c1cccs1. The average molecular weight is 382 g/mol. The number of nitrogens with one attached hydrogen (secondary N) is 2. The number of sulfonamides is 1. The number of anilines is 2. The fraction of sp³-hybridized carbons (Fsp3) is 0. The molecule has 4 rings (SSSR count). The predicted molar refractivity (Wildman–Crippen MR) is 105 cm³/mol. The lowest BCUT2D eigenvalue weighted by Gasteiger charge is -2.09. The summed E-state index contributed by atoms with van der Waals surface area (Å²) in [5, 5.41) is 4.74. The molecule has 0 unspecified atom stereocenters. The standard InChI is InChI=1S/C19H14N2O3S2/c22-19-17(12-14-5-4-10-25-14)16-11-13(8-9-18(16)20-19)21-26(23,24)15-6-2-1-3-7-15/h1-12,21H,(H,20,22)/b17-12-. The average Bonchev–Trinajstić information content (AvgIpc) is 3.24. The third-order valence-corrected chi connectivity index (χ3v) is 6.15. The third kappa shape index (κ3) is 3.14. The van der Waals surface area contributed by atoms with Gasteiger partial charge in [0, 0.05) is 21.8 Å². The Kier molecular flexibility index (Phi) is 4.10. The lowest BCUT2D eigenvalue weighted by Crippen LogP contribution is -2.12. The smallest absolute Gasteiger partial charge is 0.261 e. The summed E-state index contributed by atoms with van der Waals surface area (Å²) >= 11 is 1.53. The van der Waals surface area contributed by atoms with Gasteiger partial charge in [-0.05, 0) is 47.9 Å². The molecule has 2 aromatic carbocycles. The van der Waals surface area contributed by atoms with E-state index in [1.54, 1.807) is 42.5 Å². The number of hydrogen-bond donors (Lipinski definition) is 2. The van der Waals surface area contributed by atoms with Crippen molar-refractivity contribution < 1.29 is 13.2 Å². The van der Waals surface area contributed by atoms with Crippen molar-refractivity contribution >= 4 is 50.3 Å². The second kappa shape index (κ2) is 6.44. The van der Waals surface area contributed by atoms with Crippen LogP contribution in [0, 0.1) is 0 Å². The zero-order valence-electron chi connectivity index (χ0n) is 13.5. The lowest BCUT2D eigenvalue weighted by atomic mass is 10.1. The summed E-state index contributed by atoms with van der Waals surface area (Å²) in [6.07, 6.45) is 1.81. The van der Waals surface area contributed by atoms with E-state index in [0.717, 1.165) is 4.88 Å². The van der Waals surface area contributed by atoms with Crippen molar-refractivity contribution in [1.82, 2.24) is 0 Å². The topological polar surface area (TPSA) is 75.3 Å². The first kappa shape index (κ1) is 16.6. The molecule has 0 saturated carbocycles. The molecule has 130 valence electrons. The molecule has 7 heteroatoms. The van der Waals surface area contributed by atoms with Crippen LogP contribution in [0.15, 0.2) is 70.9 Å². The highest BCUT2D eigenvalue weighted by Crippen LogP contribution is 2.36. The largest absolute Gasteiger partial charge is 0.321 e. The molecule has 0 aliphatic carbocycles. The van der Waals surface area contributed by atoms with Gasteiger partial charge in [-0.15, -0.1) is 11.3 Å². The van der Waals surface area contributed by atoms with E-state index >= 15 is 0 Å². The fourth-order valence-corrected chi connectivity index (χ4v) is 4.45. The molecule has 5 nitrogen and oxygen atoms in total. The molecule has 0 bridgehead atoms. The van der Waals surface area contributed by atoms with Crippen LogP contribution in [-0.2, 0) is 14.8 Å². The van der Waals surface area contributed by atoms with E-state index in [2.05, 4.69) is 10.0 Å². The van der Waals surface area contributed by atoms with E-state index in [4.69, 9.17) is 0 Å². The van der Waals surface area contributed by atoms with Crippen LogP contribution in [-0.4, -0.2) is 14.3 Å². The first-order valence-electron chi connectivity index (χ1n) is 7.82. The molecule has 1 amide bonds. The number of hydrogen-bond acceptors (Lipinski definition) is 4. The minimum atomic E-state index is -3.68. The molecule has 0 radical (unpaired) electrons. The van der Waals surface area contributed by atoms with Gasteiger partial charge in [0.1, 0.15) is 0 Å². The maximum absolute atomic E-state index is 12.5. The van der Waals surface area contributed by atoms with Gasteiger partial charge in [0.25, 0.3) is 15.9 Å². The molecule has 1 aliphatic heterocycles. The van der Waals surface area contributed by atoms with Crippen LogP contribution in [0.3, 0.4) is 0 Å². The Morgan fingerprint density at radius 2 is 1.81 bits per heavy atom. The van der Waals surface area contributed by atoms with Crippen LogP contribution >= 0.6 is 11.3 Å². The summed E-state index contributed by atoms with van der Waals surface area (Å²) < 4.78 is 27.6. The highest BCUT2D eigenvalue weighted by atomic mass is 32.2. The fourth-order valence-electron chi connectivity index (χ4n) is 2.72. The van der Waals surface area contributed by atoms with E-state index in [0.29, 0.717) is 22.5 Å². The number of benzene rings is 2. The first-order chi connectivity index (χ1) is 12.5. The van der Waals surface area contributed by atoms with Crippen molar-refractivity contribution in [3.05, 3.63) is 76.5 Å². The van der Waals surface area contributed by atoms with E-state index in [1.807, 2.05) is 17.5 Å². The normalized spacial score (nSPS) is 14.9. The molecule has 0 fully saturated rings. The van der Waals surface area contributed by atoms with Gasteiger partial charge in [-0.3, -0.25) is 9.52 Å². The van der Waals surface area contributed by atoms with Gasteiger partial charge < -0.3 is 5.32 Å². The maximum atomic E-state index is 12.5. The number of rotatable bonds is 4. The van der Waals surface area contributed by atoms with Gasteiger partial charge in [-0.1, -0.05) is 24.3 Å². The highest BCUT2D eigenvalue weighted by Gasteiger charge is 2.25. The van der Waals surface area contributed by atoms with Crippen molar-refractivity contribution in [2.45, 2.75) is 4.90 Å². The van der Waals surface area contributed by atoms with E-state index in [-0.39, 0.29) is 10.8 Å². The van der Waals surface area contributed by atoms with Crippen LogP contribution in [0.5, 0.6) is 0 Å². The number of thiophene rings is 1. The zero-order valence-corrected chi connectivity index (χ0v) is 15.1. The number of carbonyl (C=O) groups excluding carboxylic acids is 1. The van der Waals surface area contributed by atoms with Crippen molar-refractivity contribution in [2.24, 2.45) is 0 Å². The third-order valence-electron chi connectivity index (χ3n) is 3.94. The van der Waals surface area contributed by atoms with Crippen molar-refractivity contribution in [1.29, 1.82) is 0 Å². The molecule has 0 saturated heterocycles. The number of fused-ring (bicyclic) bond motifs is 1. The van der Waals surface area contributed by atoms with E-state index in [9.17, 15) is 13.2 Å². The summed E-state index contributed by atoms with van der Waals surface area (Å²) in [5.41, 5.74) is 2.27. The van der Waals surface area contributed by atoms with Crippen LogP contribution in [0.1, 0.15) is 10.4 Å². The van der Waals surface area contributed by atoms with Crippen LogP contribution in [0.2, 0.25) is 0 Å². The molecule has 3 aromatic rings. The number of carbonyl (C=O) groups is 1. The Balaban J connectivity index is 1.70. The van der Waals surface area contributed by atoms with E-state index in [1.165, 1.54) is 23.5 Å². The quantitative estimate of drug-likeness (QED) is 0.669. The Morgan fingerprint density at radius 1 is 1.00 bits per heavy atom. The van der Waals surface area contributed by atoms with Crippen LogP contribution < -0.4 is 10.0 Å². The monoisotopic (exact) mass is 382 g/mol. The van der Waals surface area contributed by atoms with Gasteiger partial charge in [-0.25, -0.2) is 8.42 Å². The van der Waals surface area contributed by atoms with Gasteiger partial charge in [0.15, 0.2) is 0 Å². The molecule has 2 N–H and O–H groups in total. The van der Waals surface area contributed by atoms with Crippen molar-refractivity contribution in [2.75, 3.05) is 10.0 Å². The molecule has 26 heavy (non-hydrogen) atoms. The Bertz CT molecular complexity index is 1100. The molecule has 1 aliphatic rings. The van der Waals surface area contributed by atoms with Crippen molar-refractivity contribution in [3.8, 4) is 0 Å². The molecule has 0 atom stereocenters. The molecular weight excluding hydrogens is 368 g/mol. The summed E-state index contributed by atoms with van der Waals surface area (Å²) in [5.74, 6) is -0.198. The Hall–Kier alpha value is -2.90. The Labute approximate surface area is 155 Å². The zero-order chi connectivity index (χ0) is 18.1. The predicted octanol–water partition coefficient (Wildman–Crippen LogP) is 4.04. The van der Waals surface area contributed by atoms with Gasteiger partial charge in [0.2, 0.25) is 0 Å². The molecular formula is C19H14N2O3S2. The molecule has 1 aromatic heterocycles. The Morgan fingerprint density at radius 3 is 2.54 bits per heavy atom. The minimum absolute atomic E-state index is 0.184. The van der Waals surface area contributed by atoms with E-state index < -0.39 is 10.0 Å².